The smallest absolute Gasteiger partial charge is 0.210 e. The summed E-state index contributed by atoms with van der Waals surface area (Å²) in [5.41, 5.74) is 0. The SMILES string of the molecule is C#CCNc1ccn(-c2nccs2)n1. The molecule has 0 bridgehead atoms. The Morgan fingerprint density at radius 3 is 3.29 bits per heavy atom. The monoisotopic (exact) mass is 204 g/mol. The Bertz CT molecular complexity index is 438. The van der Waals surface area contributed by atoms with E-state index >= 15 is 0 Å². The molecule has 70 valence electrons. The van der Waals surface area contributed by atoms with Gasteiger partial charge >= 0.3 is 0 Å². The summed E-state index contributed by atoms with van der Waals surface area (Å²) in [6.45, 7) is 0.481. The van der Waals surface area contributed by atoms with E-state index in [1.165, 1.54) is 11.3 Å². The molecular formula is C9H8N4S. The molecule has 0 saturated heterocycles. The summed E-state index contributed by atoms with van der Waals surface area (Å²) in [4.78, 5) is 4.13. The molecule has 0 amide bonds. The number of nitrogens with zero attached hydrogens (tertiary/aromatic N) is 3. The van der Waals surface area contributed by atoms with Gasteiger partial charge in [-0.3, -0.25) is 0 Å². The predicted octanol–water partition coefficient (Wildman–Crippen LogP) is 1.37. The predicted molar refractivity (Wildman–Crippen MR) is 56.6 cm³/mol. The van der Waals surface area contributed by atoms with Gasteiger partial charge in [-0.2, -0.15) is 0 Å². The van der Waals surface area contributed by atoms with Crippen molar-refractivity contribution >= 4 is 17.2 Å². The van der Waals surface area contributed by atoms with Crippen LogP contribution >= 0.6 is 11.3 Å². The van der Waals surface area contributed by atoms with Crippen molar-refractivity contribution in [1.82, 2.24) is 14.8 Å². The Hall–Kier alpha value is -1.80. The maximum Gasteiger partial charge on any atom is 0.210 e. The van der Waals surface area contributed by atoms with E-state index in [0.717, 1.165) is 10.9 Å². The molecule has 2 rings (SSSR count). The first-order valence-electron chi connectivity index (χ1n) is 4.03. The van der Waals surface area contributed by atoms with Gasteiger partial charge in [0.1, 0.15) is 5.82 Å². The molecule has 0 unspecified atom stereocenters. The number of aromatic nitrogens is 3. The van der Waals surface area contributed by atoms with E-state index < -0.39 is 0 Å². The molecule has 14 heavy (non-hydrogen) atoms. The number of rotatable bonds is 3. The molecule has 0 aromatic carbocycles. The molecule has 0 aliphatic rings. The molecule has 2 heterocycles. The minimum Gasteiger partial charge on any atom is -0.358 e. The van der Waals surface area contributed by atoms with Gasteiger partial charge in [-0.1, -0.05) is 5.92 Å². The molecule has 0 aliphatic heterocycles. The number of thiazole rings is 1. The highest BCUT2D eigenvalue weighted by Crippen LogP contribution is 2.11. The second-order valence-corrected chi connectivity index (χ2v) is 3.39. The summed E-state index contributed by atoms with van der Waals surface area (Å²) in [6, 6.07) is 1.86. The van der Waals surface area contributed by atoms with Crippen molar-refractivity contribution < 1.29 is 0 Å². The van der Waals surface area contributed by atoms with Gasteiger partial charge in [0.15, 0.2) is 0 Å². The van der Waals surface area contributed by atoms with E-state index in [-0.39, 0.29) is 0 Å². The Labute approximate surface area is 85.6 Å². The van der Waals surface area contributed by atoms with Crippen LogP contribution in [0.15, 0.2) is 23.8 Å². The van der Waals surface area contributed by atoms with Crippen molar-refractivity contribution in [2.24, 2.45) is 0 Å². The van der Waals surface area contributed by atoms with E-state index in [1.807, 2.05) is 17.6 Å². The highest BCUT2D eigenvalue weighted by molar-refractivity contribution is 7.12. The molecule has 0 spiro atoms. The fraction of sp³-hybridized carbons (Fsp3) is 0.111. The highest BCUT2D eigenvalue weighted by Gasteiger charge is 2.01. The first-order chi connectivity index (χ1) is 6.90. The van der Waals surface area contributed by atoms with Crippen LogP contribution in [0.4, 0.5) is 5.82 Å². The van der Waals surface area contributed by atoms with Gasteiger partial charge in [0.2, 0.25) is 5.13 Å². The number of anilines is 1. The minimum atomic E-state index is 0.481. The Balaban J connectivity index is 2.15. The van der Waals surface area contributed by atoms with Crippen LogP contribution in [0, 0.1) is 12.3 Å². The van der Waals surface area contributed by atoms with Gasteiger partial charge in [0.25, 0.3) is 0 Å². The maximum atomic E-state index is 5.12. The third-order valence-corrected chi connectivity index (χ3v) is 2.34. The molecule has 0 radical (unpaired) electrons. The first-order valence-corrected chi connectivity index (χ1v) is 4.91. The normalized spacial score (nSPS) is 9.64. The quantitative estimate of drug-likeness (QED) is 0.768. The molecule has 0 saturated carbocycles. The fourth-order valence-corrected chi connectivity index (χ4v) is 1.57. The van der Waals surface area contributed by atoms with Crippen LogP contribution in [0.25, 0.3) is 5.13 Å². The Kier molecular flexibility index (Phi) is 2.47. The number of hydrogen-bond acceptors (Lipinski definition) is 4. The summed E-state index contributed by atoms with van der Waals surface area (Å²) < 4.78 is 1.71. The molecule has 0 atom stereocenters. The van der Waals surface area contributed by atoms with Gasteiger partial charge in [0.05, 0.1) is 6.54 Å². The topological polar surface area (TPSA) is 42.7 Å². The van der Waals surface area contributed by atoms with Crippen molar-refractivity contribution in [3.8, 4) is 17.5 Å². The second-order valence-electron chi connectivity index (χ2n) is 2.52. The Morgan fingerprint density at radius 1 is 1.64 bits per heavy atom. The van der Waals surface area contributed by atoms with E-state index in [9.17, 15) is 0 Å². The average molecular weight is 204 g/mol. The van der Waals surface area contributed by atoms with Crippen LogP contribution in [0.3, 0.4) is 0 Å². The van der Waals surface area contributed by atoms with E-state index in [0.29, 0.717) is 6.54 Å². The third kappa shape index (κ3) is 1.75. The summed E-state index contributed by atoms with van der Waals surface area (Å²) in [5.74, 6) is 3.25. The van der Waals surface area contributed by atoms with Crippen LogP contribution in [0.2, 0.25) is 0 Å². The third-order valence-electron chi connectivity index (χ3n) is 1.58. The highest BCUT2D eigenvalue weighted by atomic mass is 32.1. The van der Waals surface area contributed by atoms with Crippen molar-refractivity contribution in [1.29, 1.82) is 0 Å². The van der Waals surface area contributed by atoms with E-state index in [1.54, 1.807) is 10.9 Å². The molecule has 0 fully saturated rings. The van der Waals surface area contributed by atoms with Crippen LogP contribution in [0.5, 0.6) is 0 Å². The summed E-state index contributed by atoms with van der Waals surface area (Å²) in [7, 11) is 0. The lowest BCUT2D eigenvalue weighted by molar-refractivity contribution is 0.871. The minimum absolute atomic E-state index is 0.481. The van der Waals surface area contributed by atoms with Crippen LogP contribution in [0.1, 0.15) is 0 Å². The average Bonchev–Trinajstić information content (AvgIpc) is 2.85. The van der Waals surface area contributed by atoms with Crippen LogP contribution in [-0.4, -0.2) is 21.3 Å². The van der Waals surface area contributed by atoms with Crippen molar-refractivity contribution in [2.45, 2.75) is 0 Å². The van der Waals surface area contributed by atoms with Crippen LogP contribution in [-0.2, 0) is 0 Å². The van der Waals surface area contributed by atoms with Gasteiger partial charge in [-0.05, 0) is 0 Å². The van der Waals surface area contributed by atoms with Crippen molar-refractivity contribution in [3.05, 3.63) is 23.8 Å². The zero-order chi connectivity index (χ0) is 9.80. The largest absolute Gasteiger partial charge is 0.358 e. The standard InChI is InChI=1S/C9H8N4S/c1-2-4-10-8-3-6-13(12-8)9-11-5-7-14-9/h1,3,5-7H,4H2,(H,10,12). The van der Waals surface area contributed by atoms with Crippen LogP contribution < -0.4 is 5.32 Å². The van der Waals surface area contributed by atoms with E-state index in [4.69, 9.17) is 6.42 Å². The maximum absolute atomic E-state index is 5.12. The van der Waals surface area contributed by atoms with Gasteiger partial charge < -0.3 is 5.32 Å². The molecule has 2 aromatic heterocycles. The number of hydrogen-bond donors (Lipinski definition) is 1. The lowest BCUT2D eigenvalue weighted by atomic mass is 10.6. The number of terminal acetylenes is 1. The Morgan fingerprint density at radius 2 is 2.57 bits per heavy atom. The molecule has 1 N–H and O–H groups in total. The lowest BCUT2D eigenvalue weighted by Crippen LogP contribution is -2.00. The van der Waals surface area contributed by atoms with Crippen molar-refractivity contribution in [3.63, 3.8) is 0 Å². The zero-order valence-corrected chi connectivity index (χ0v) is 8.16. The molecule has 0 aliphatic carbocycles. The summed E-state index contributed by atoms with van der Waals surface area (Å²) >= 11 is 1.53. The van der Waals surface area contributed by atoms with Crippen molar-refractivity contribution in [2.75, 3.05) is 11.9 Å². The summed E-state index contributed by atoms with van der Waals surface area (Å²) in [6.07, 6.45) is 8.71. The first kappa shape index (κ1) is 8.78. The molecular weight excluding hydrogens is 196 g/mol. The second kappa shape index (κ2) is 3.94. The zero-order valence-electron chi connectivity index (χ0n) is 7.34. The fourth-order valence-electron chi connectivity index (χ4n) is 0.995. The molecule has 2 aromatic rings. The lowest BCUT2D eigenvalue weighted by Gasteiger charge is -1.95. The van der Waals surface area contributed by atoms with Gasteiger partial charge in [0, 0.05) is 23.8 Å². The van der Waals surface area contributed by atoms with E-state index in [2.05, 4.69) is 21.3 Å². The van der Waals surface area contributed by atoms with Gasteiger partial charge in [-0.15, -0.1) is 22.9 Å². The molecule has 4 nitrogen and oxygen atoms in total. The molecule has 5 heteroatoms. The number of nitrogens with one attached hydrogen (secondary N) is 1. The summed E-state index contributed by atoms with van der Waals surface area (Å²) in [5, 5.41) is 9.99. The van der Waals surface area contributed by atoms with Gasteiger partial charge in [-0.25, -0.2) is 9.67 Å².